The van der Waals surface area contributed by atoms with Crippen molar-refractivity contribution >= 4 is 29.5 Å². The highest BCUT2D eigenvalue weighted by Crippen LogP contribution is 2.24. The lowest BCUT2D eigenvalue weighted by Gasteiger charge is -2.15. The third kappa shape index (κ3) is 5.10. The van der Waals surface area contributed by atoms with Gasteiger partial charge in [0, 0.05) is 23.7 Å². The van der Waals surface area contributed by atoms with Gasteiger partial charge in [-0.2, -0.15) is 11.8 Å². The summed E-state index contributed by atoms with van der Waals surface area (Å²) >= 11 is 3.15. The summed E-state index contributed by atoms with van der Waals surface area (Å²) in [5, 5.41) is 10.2. The van der Waals surface area contributed by atoms with E-state index in [1.807, 2.05) is 18.0 Å². The zero-order valence-corrected chi connectivity index (χ0v) is 13.6. The largest absolute Gasteiger partial charge is 0.481 e. The Bertz CT molecular complexity index is 419. The van der Waals surface area contributed by atoms with Crippen LogP contribution in [0.4, 0.5) is 0 Å². The summed E-state index contributed by atoms with van der Waals surface area (Å²) in [5.74, 6) is -0.341. The van der Waals surface area contributed by atoms with Gasteiger partial charge in [-0.1, -0.05) is 32.5 Å². The van der Waals surface area contributed by atoms with Crippen molar-refractivity contribution in [2.75, 3.05) is 12.0 Å². The Morgan fingerprint density at radius 3 is 2.68 bits per heavy atom. The maximum Gasteiger partial charge on any atom is 0.313 e. The highest BCUT2D eigenvalue weighted by atomic mass is 32.2. The van der Waals surface area contributed by atoms with Gasteiger partial charge < -0.3 is 9.67 Å². The minimum absolute atomic E-state index is 0.0621. The number of imidazole rings is 1. The minimum atomic E-state index is -0.803. The van der Waals surface area contributed by atoms with Crippen LogP contribution in [0.5, 0.6) is 0 Å². The van der Waals surface area contributed by atoms with E-state index in [1.165, 1.54) is 17.5 Å². The molecule has 0 aliphatic rings. The molecule has 0 aliphatic carbocycles. The number of hydrogen-bond donors (Lipinski definition) is 1. The van der Waals surface area contributed by atoms with Gasteiger partial charge in [0.05, 0.1) is 5.75 Å². The fourth-order valence-electron chi connectivity index (χ4n) is 1.73. The number of carboxylic acids is 1. The van der Waals surface area contributed by atoms with E-state index in [2.05, 4.69) is 36.6 Å². The molecule has 1 atom stereocenters. The van der Waals surface area contributed by atoms with Gasteiger partial charge in [-0.15, -0.1) is 0 Å². The second-order valence-electron chi connectivity index (χ2n) is 4.79. The molecule has 19 heavy (non-hydrogen) atoms. The molecule has 0 saturated heterocycles. The molecule has 0 bridgehead atoms. The molecule has 1 heterocycles. The van der Waals surface area contributed by atoms with Crippen LogP contribution in [0, 0.1) is 0 Å². The van der Waals surface area contributed by atoms with Gasteiger partial charge in [0.1, 0.15) is 0 Å². The van der Waals surface area contributed by atoms with Crippen molar-refractivity contribution in [2.45, 2.75) is 50.1 Å². The molecule has 1 aromatic heterocycles. The van der Waals surface area contributed by atoms with Crippen LogP contribution >= 0.6 is 23.5 Å². The summed E-state index contributed by atoms with van der Waals surface area (Å²) in [6, 6.07) is 0. The number of carboxylic acid groups (broad SMARTS) is 1. The van der Waals surface area contributed by atoms with Crippen LogP contribution in [0.3, 0.4) is 0 Å². The zero-order valence-electron chi connectivity index (χ0n) is 11.9. The number of nitrogens with zero attached hydrogens (tertiary/aromatic N) is 2. The molecular weight excluding hydrogens is 280 g/mol. The summed E-state index contributed by atoms with van der Waals surface area (Å²) < 4.78 is 2.17. The molecule has 1 N–H and O–H groups in total. The summed E-state index contributed by atoms with van der Waals surface area (Å²) in [4.78, 5) is 15.0. The van der Waals surface area contributed by atoms with E-state index in [9.17, 15) is 4.79 Å². The Morgan fingerprint density at radius 2 is 2.16 bits per heavy atom. The van der Waals surface area contributed by atoms with E-state index in [0.29, 0.717) is 11.2 Å². The van der Waals surface area contributed by atoms with Crippen LogP contribution in [0.25, 0.3) is 0 Å². The molecule has 0 aliphatic heterocycles. The van der Waals surface area contributed by atoms with E-state index >= 15 is 0 Å². The molecule has 1 rings (SSSR count). The fraction of sp³-hybridized carbons (Fsp3) is 0.692. The smallest absolute Gasteiger partial charge is 0.313 e. The van der Waals surface area contributed by atoms with Gasteiger partial charge >= 0.3 is 5.97 Å². The van der Waals surface area contributed by atoms with Crippen molar-refractivity contribution in [1.29, 1.82) is 0 Å². The van der Waals surface area contributed by atoms with Crippen molar-refractivity contribution < 1.29 is 9.90 Å². The number of hydrogen-bond acceptors (Lipinski definition) is 4. The quantitative estimate of drug-likeness (QED) is 0.747. The number of thioether (sulfide) groups is 2. The molecule has 108 valence electrons. The summed E-state index contributed by atoms with van der Waals surface area (Å²) in [7, 11) is 0. The average Bonchev–Trinajstić information content (AvgIpc) is 2.76. The van der Waals surface area contributed by atoms with Crippen LogP contribution in [-0.2, 0) is 11.3 Å². The zero-order chi connectivity index (χ0) is 14.4. The molecule has 1 unspecified atom stereocenters. The lowest BCUT2D eigenvalue weighted by molar-refractivity contribution is -0.133. The van der Waals surface area contributed by atoms with Crippen LogP contribution in [0.2, 0.25) is 0 Å². The second-order valence-corrected chi connectivity index (χ2v) is 7.01. The molecule has 0 spiro atoms. The Labute approximate surface area is 123 Å². The number of aromatic nitrogens is 2. The molecule has 6 heteroatoms. The van der Waals surface area contributed by atoms with Crippen molar-refractivity contribution in [3.63, 3.8) is 0 Å². The van der Waals surface area contributed by atoms with E-state index in [4.69, 9.17) is 5.11 Å². The van der Waals surface area contributed by atoms with Crippen LogP contribution < -0.4 is 0 Å². The molecular formula is C13H22N2O2S2. The van der Waals surface area contributed by atoms with Gasteiger partial charge in [0.15, 0.2) is 5.16 Å². The molecule has 1 aromatic rings. The van der Waals surface area contributed by atoms with E-state index < -0.39 is 5.97 Å². The monoisotopic (exact) mass is 302 g/mol. The Kier molecular flexibility index (Phi) is 6.79. The standard InChI is InChI=1S/C13H22N2O2S2/c1-9(2)11-7-14-13(19-8-12(16)17)15(11)6-5-10(3)18-4/h7,9-10H,5-6,8H2,1-4H3,(H,16,17). The molecule has 0 aromatic carbocycles. The Morgan fingerprint density at radius 1 is 1.47 bits per heavy atom. The third-order valence-corrected chi connectivity index (χ3v) is 4.94. The predicted molar refractivity (Wildman–Crippen MR) is 82.3 cm³/mol. The van der Waals surface area contributed by atoms with Crippen molar-refractivity contribution in [2.24, 2.45) is 0 Å². The Hall–Kier alpha value is -0.620. The van der Waals surface area contributed by atoms with Crippen LogP contribution in [0.15, 0.2) is 11.4 Å². The van der Waals surface area contributed by atoms with Crippen LogP contribution in [0.1, 0.15) is 38.8 Å². The molecule has 0 radical (unpaired) electrons. The van der Waals surface area contributed by atoms with Gasteiger partial charge in [0.25, 0.3) is 0 Å². The minimum Gasteiger partial charge on any atom is -0.481 e. The predicted octanol–water partition coefficient (Wildman–Crippen LogP) is 3.32. The van der Waals surface area contributed by atoms with E-state index in [0.717, 1.165) is 18.1 Å². The molecule has 0 amide bonds. The lowest BCUT2D eigenvalue weighted by Crippen LogP contribution is -2.10. The van der Waals surface area contributed by atoms with Crippen molar-refractivity contribution in [3.05, 3.63) is 11.9 Å². The maximum absolute atomic E-state index is 10.7. The van der Waals surface area contributed by atoms with E-state index in [-0.39, 0.29) is 5.75 Å². The van der Waals surface area contributed by atoms with Crippen molar-refractivity contribution in [1.82, 2.24) is 9.55 Å². The first kappa shape index (κ1) is 16.4. The third-order valence-electron chi connectivity index (χ3n) is 2.93. The lowest BCUT2D eigenvalue weighted by atomic mass is 10.1. The number of rotatable bonds is 8. The number of aliphatic carboxylic acids is 1. The molecule has 4 nitrogen and oxygen atoms in total. The highest BCUT2D eigenvalue weighted by molar-refractivity contribution is 7.99. The van der Waals surface area contributed by atoms with Crippen molar-refractivity contribution in [3.8, 4) is 0 Å². The average molecular weight is 302 g/mol. The number of carbonyl (C=O) groups is 1. The highest BCUT2D eigenvalue weighted by Gasteiger charge is 2.15. The SMILES string of the molecule is CSC(C)CCn1c(C(C)C)cnc1SCC(=O)O. The first-order chi connectivity index (χ1) is 8.95. The topological polar surface area (TPSA) is 55.1 Å². The summed E-state index contributed by atoms with van der Waals surface area (Å²) in [5.41, 5.74) is 1.18. The van der Waals surface area contributed by atoms with Gasteiger partial charge in [-0.25, -0.2) is 4.98 Å². The van der Waals surface area contributed by atoms with Gasteiger partial charge in [-0.3, -0.25) is 4.79 Å². The van der Waals surface area contributed by atoms with Crippen LogP contribution in [-0.4, -0.2) is 37.9 Å². The molecule has 0 fully saturated rings. The maximum atomic E-state index is 10.7. The first-order valence-electron chi connectivity index (χ1n) is 6.38. The van der Waals surface area contributed by atoms with Gasteiger partial charge in [0.2, 0.25) is 0 Å². The second kappa shape index (κ2) is 7.85. The normalized spacial score (nSPS) is 12.9. The molecule has 0 saturated carbocycles. The first-order valence-corrected chi connectivity index (χ1v) is 8.65. The Balaban J connectivity index is 2.82. The van der Waals surface area contributed by atoms with E-state index in [1.54, 1.807) is 0 Å². The van der Waals surface area contributed by atoms with Gasteiger partial charge in [-0.05, 0) is 18.6 Å². The summed E-state index contributed by atoms with van der Waals surface area (Å²) in [6.45, 7) is 7.38. The fourth-order valence-corrected chi connectivity index (χ4v) is 2.80. The summed E-state index contributed by atoms with van der Waals surface area (Å²) in [6.07, 6.45) is 5.05.